The number of halogens is 1. The number of carbonyl (C=O) groups is 3. The predicted molar refractivity (Wildman–Crippen MR) is 161 cm³/mol. The van der Waals surface area contributed by atoms with Crippen molar-refractivity contribution in [3.05, 3.63) is 106 Å². The van der Waals surface area contributed by atoms with Crippen molar-refractivity contribution in [1.82, 2.24) is 9.80 Å². The summed E-state index contributed by atoms with van der Waals surface area (Å²) in [5.74, 6) is -0.357. The standard InChI is InChI=1S/C33H33ClN4O3/c1-23-31(39)38(21-24-6-8-25(9-7-24)32(40)36-18-4-5-19-36)30-20-29(35-16-2-3-17-35)15-12-27(30)22-37(23)33(41)26-10-13-28(34)14-11-26/h4-15,20,23H,2-3,16-19,21-22H2,1H3. The Labute approximate surface area is 245 Å². The normalized spacial score (nSPS) is 18.6. The summed E-state index contributed by atoms with van der Waals surface area (Å²) in [6.45, 7) is 5.69. The first kappa shape index (κ1) is 27.1. The first-order valence-corrected chi connectivity index (χ1v) is 14.6. The number of anilines is 2. The molecule has 0 bridgehead atoms. The number of hydrogen-bond acceptors (Lipinski definition) is 4. The van der Waals surface area contributed by atoms with Crippen LogP contribution in [0.15, 0.2) is 78.9 Å². The van der Waals surface area contributed by atoms with Gasteiger partial charge >= 0.3 is 0 Å². The number of amides is 3. The van der Waals surface area contributed by atoms with Gasteiger partial charge in [-0.15, -0.1) is 0 Å². The second-order valence-corrected chi connectivity index (χ2v) is 11.4. The highest BCUT2D eigenvalue weighted by atomic mass is 35.5. The van der Waals surface area contributed by atoms with Crippen LogP contribution in [0.4, 0.5) is 11.4 Å². The molecule has 41 heavy (non-hydrogen) atoms. The smallest absolute Gasteiger partial charge is 0.254 e. The van der Waals surface area contributed by atoms with Crippen LogP contribution in [0.3, 0.4) is 0 Å². The van der Waals surface area contributed by atoms with E-state index in [1.54, 1.807) is 45.9 Å². The van der Waals surface area contributed by atoms with E-state index in [0.29, 0.717) is 42.3 Å². The van der Waals surface area contributed by atoms with Crippen LogP contribution in [-0.2, 0) is 17.9 Å². The molecule has 7 nitrogen and oxygen atoms in total. The molecule has 3 aliphatic rings. The Balaban J connectivity index is 1.33. The summed E-state index contributed by atoms with van der Waals surface area (Å²) in [6.07, 6.45) is 6.29. The van der Waals surface area contributed by atoms with Crippen molar-refractivity contribution in [2.24, 2.45) is 0 Å². The molecule has 210 valence electrons. The molecule has 0 saturated carbocycles. The molecule has 6 rings (SSSR count). The molecular weight excluding hydrogens is 536 g/mol. The zero-order valence-electron chi connectivity index (χ0n) is 23.1. The van der Waals surface area contributed by atoms with Crippen LogP contribution in [0.2, 0.25) is 5.02 Å². The molecule has 3 aromatic carbocycles. The van der Waals surface area contributed by atoms with Gasteiger partial charge < -0.3 is 19.6 Å². The second-order valence-electron chi connectivity index (χ2n) is 10.9. The van der Waals surface area contributed by atoms with Crippen LogP contribution in [0.5, 0.6) is 0 Å². The van der Waals surface area contributed by atoms with Crippen LogP contribution >= 0.6 is 11.6 Å². The fourth-order valence-corrected chi connectivity index (χ4v) is 5.96. The lowest BCUT2D eigenvalue weighted by Crippen LogP contribution is -2.46. The van der Waals surface area contributed by atoms with E-state index in [-0.39, 0.29) is 17.7 Å². The van der Waals surface area contributed by atoms with Crippen LogP contribution in [-0.4, -0.2) is 59.7 Å². The lowest BCUT2D eigenvalue weighted by atomic mass is 10.1. The maximum absolute atomic E-state index is 14.1. The summed E-state index contributed by atoms with van der Waals surface area (Å²) in [4.78, 5) is 48.2. The molecule has 0 aliphatic carbocycles. The highest BCUT2D eigenvalue weighted by Gasteiger charge is 2.36. The van der Waals surface area contributed by atoms with Gasteiger partial charge in [0.1, 0.15) is 6.04 Å². The number of carbonyl (C=O) groups excluding carboxylic acids is 3. The summed E-state index contributed by atoms with van der Waals surface area (Å²) in [6, 6.07) is 19.8. The zero-order chi connectivity index (χ0) is 28.5. The molecule has 8 heteroatoms. The van der Waals surface area contributed by atoms with E-state index in [0.717, 1.165) is 48.4 Å². The van der Waals surface area contributed by atoms with Crippen molar-refractivity contribution < 1.29 is 14.4 Å². The van der Waals surface area contributed by atoms with Gasteiger partial charge in [0, 0.05) is 54.6 Å². The number of nitrogens with zero attached hydrogens (tertiary/aromatic N) is 4. The Kier molecular flexibility index (Phi) is 7.54. The van der Waals surface area contributed by atoms with E-state index < -0.39 is 6.04 Å². The average Bonchev–Trinajstić information content (AvgIpc) is 3.72. The van der Waals surface area contributed by atoms with Gasteiger partial charge in [0.05, 0.1) is 12.2 Å². The quantitative estimate of drug-likeness (QED) is 0.380. The van der Waals surface area contributed by atoms with Crippen molar-refractivity contribution in [2.45, 2.75) is 38.9 Å². The Morgan fingerprint density at radius 1 is 0.854 bits per heavy atom. The van der Waals surface area contributed by atoms with Crippen molar-refractivity contribution in [3.8, 4) is 0 Å². The molecule has 3 amide bonds. The van der Waals surface area contributed by atoms with Gasteiger partial charge in [0.15, 0.2) is 0 Å². The average molecular weight is 569 g/mol. The van der Waals surface area contributed by atoms with Crippen LogP contribution in [0.25, 0.3) is 0 Å². The van der Waals surface area contributed by atoms with E-state index >= 15 is 0 Å². The minimum Gasteiger partial charge on any atom is -0.371 e. The summed E-state index contributed by atoms with van der Waals surface area (Å²) >= 11 is 6.06. The fourth-order valence-electron chi connectivity index (χ4n) is 5.84. The van der Waals surface area contributed by atoms with Crippen molar-refractivity contribution in [2.75, 3.05) is 36.0 Å². The molecule has 0 aromatic heterocycles. The number of hydrogen-bond donors (Lipinski definition) is 0. The SMILES string of the molecule is CC1C(=O)N(Cc2ccc(C(=O)N3CC=CC3)cc2)c2cc(N3CCCC3)ccc2CN1C(=O)c1ccc(Cl)cc1. The van der Waals surface area contributed by atoms with Gasteiger partial charge in [-0.3, -0.25) is 14.4 Å². The molecule has 0 N–H and O–H groups in total. The lowest BCUT2D eigenvalue weighted by Gasteiger charge is -2.29. The number of benzene rings is 3. The maximum atomic E-state index is 14.1. The molecule has 1 atom stereocenters. The third kappa shape index (κ3) is 5.46. The maximum Gasteiger partial charge on any atom is 0.254 e. The summed E-state index contributed by atoms with van der Waals surface area (Å²) in [5, 5.41) is 0.553. The van der Waals surface area contributed by atoms with Gasteiger partial charge in [-0.05, 0) is 79.4 Å². The zero-order valence-corrected chi connectivity index (χ0v) is 23.9. The molecule has 3 aromatic rings. The molecule has 1 unspecified atom stereocenters. The second kappa shape index (κ2) is 11.4. The van der Waals surface area contributed by atoms with Gasteiger partial charge in [-0.25, -0.2) is 0 Å². The molecule has 3 heterocycles. The molecule has 1 fully saturated rings. The highest BCUT2D eigenvalue weighted by molar-refractivity contribution is 6.30. The van der Waals surface area contributed by atoms with Crippen molar-refractivity contribution in [1.29, 1.82) is 0 Å². The minimum absolute atomic E-state index is 0.00187. The Morgan fingerprint density at radius 2 is 1.49 bits per heavy atom. The largest absolute Gasteiger partial charge is 0.371 e. The highest BCUT2D eigenvalue weighted by Crippen LogP contribution is 2.35. The first-order chi connectivity index (χ1) is 19.9. The summed E-state index contributed by atoms with van der Waals surface area (Å²) < 4.78 is 0. The Morgan fingerprint density at radius 3 is 2.17 bits per heavy atom. The van der Waals surface area contributed by atoms with Crippen molar-refractivity contribution >= 4 is 40.7 Å². The van der Waals surface area contributed by atoms with Crippen LogP contribution < -0.4 is 9.80 Å². The molecular formula is C33H33ClN4O3. The van der Waals surface area contributed by atoms with E-state index in [1.165, 1.54) is 0 Å². The topological polar surface area (TPSA) is 64.2 Å². The molecule has 3 aliphatic heterocycles. The Hall–Kier alpha value is -4.10. The third-order valence-electron chi connectivity index (χ3n) is 8.26. The van der Waals surface area contributed by atoms with E-state index in [1.807, 2.05) is 36.4 Å². The number of fused-ring (bicyclic) bond motifs is 1. The molecule has 0 radical (unpaired) electrons. The number of rotatable bonds is 5. The predicted octanol–water partition coefficient (Wildman–Crippen LogP) is 5.53. The van der Waals surface area contributed by atoms with E-state index in [2.05, 4.69) is 23.1 Å². The van der Waals surface area contributed by atoms with Gasteiger partial charge in [0.25, 0.3) is 11.8 Å². The Bertz CT molecular complexity index is 1490. The van der Waals surface area contributed by atoms with Gasteiger partial charge in [-0.1, -0.05) is 42.0 Å². The van der Waals surface area contributed by atoms with Crippen LogP contribution in [0.1, 0.15) is 51.6 Å². The van der Waals surface area contributed by atoms with Gasteiger partial charge in [0.2, 0.25) is 5.91 Å². The van der Waals surface area contributed by atoms with E-state index in [9.17, 15) is 14.4 Å². The first-order valence-electron chi connectivity index (χ1n) is 14.2. The molecule has 1 saturated heterocycles. The van der Waals surface area contributed by atoms with Crippen molar-refractivity contribution in [3.63, 3.8) is 0 Å². The van der Waals surface area contributed by atoms with Gasteiger partial charge in [-0.2, -0.15) is 0 Å². The fraction of sp³-hybridized carbons (Fsp3) is 0.303. The minimum atomic E-state index is -0.677. The summed E-state index contributed by atoms with van der Waals surface area (Å²) in [7, 11) is 0. The third-order valence-corrected chi connectivity index (χ3v) is 8.51. The monoisotopic (exact) mass is 568 g/mol. The van der Waals surface area contributed by atoms with E-state index in [4.69, 9.17) is 11.6 Å². The lowest BCUT2D eigenvalue weighted by molar-refractivity contribution is -0.122. The summed E-state index contributed by atoms with van der Waals surface area (Å²) in [5.41, 5.74) is 4.86. The molecule has 0 spiro atoms. The van der Waals surface area contributed by atoms with Crippen LogP contribution in [0, 0.1) is 0 Å².